The molecule has 0 aliphatic carbocycles. The minimum absolute atomic E-state index is 0.437. The first-order chi connectivity index (χ1) is 7.84. The third-order valence-electron chi connectivity index (χ3n) is 4.15. The largest absolute Gasteiger partial charge is 0.384 e. The summed E-state index contributed by atoms with van der Waals surface area (Å²) in [5, 5.41) is 3.58. The Labute approximate surface area is 99.3 Å². The van der Waals surface area contributed by atoms with Gasteiger partial charge in [0, 0.05) is 30.7 Å². The minimum Gasteiger partial charge on any atom is -0.384 e. The van der Waals surface area contributed by atoms with Crippen LogP contribution < -0.4 is 5.32 Å². The highest BCUT2D eigenvalue weighted by Gasteiger charge is 2.40. The van der Waals surface area contributed by atoms with Gasteiger partial charge < -0.3 is 5.32 Å². The molecule has 1 unspecified atom stereocenters. The topological polar surface area (TPSA) is 15.3 Å². The van der Waals surface area contributed by atoms with E-state index in [0.717, 1.165) is 15.3 Å². The van der Waals surface area contributed by atoms with Crippen molar-refractivity contribution in [2.45, 2.75) is 18.3 Å². The van der Waals surface area contributed by atoms with Crippen molar-refractivity contribution in [3.8, 4) is 0 Å². The number of para-hydroxylation sites is 1. The zero-order chi connectivity index (χ0) is 11.0. The van der Waals surface area contributed by atoms with Crippen LogP contribution in [-0.4, -0.2) is 31.0 Å². The van der Waals surface area contributed by atoms with E-state index >= 15 is 0 Å². The predicted octanol–water partition coefficient (Wildman–Crippen LogP) is 2.67. The van der Waals surface area contributed by atoms with Crippen LogP contribution in [0.3, 0.4) is 0 Å². The molecule has 1 aromatic rings. The Bertz CT molecular complexity index is 383. The lowest BCUT2D eigenvalue weighted by molar-refractivity contribution is 0.260. The summed E-state index contributed by atoms with van der Waals surface area (Å²) in [5.74, 6) is 0. The van der Waals surface area contributed by atoms with Gasteiger partial charge in [-0.3, -0.25) is 4.67 Å². The van der Waals surface area contributed by atoms with Gasteiger partial charge in [0.05, 0.1) is 0 Å². The van der Waals surface area contributed by atoms with E-state index in [1.165, 1.54) is 31.6 Å². The molecule has 3 rings (SSSR count). The molecule has 2 heterocycles. The Morgan fingerprint density at radius 3 is 2.75 bits per heavy atom. The summed E-state index contributed by atoms with van der Waals surface area (Å²) < 4.78 is 2.59. The SMILES string of the molecule is CPN1CCC2(CC1)CNc1ccccc12. The van der Waals surface area contributed by atoms with Crippen molar-refractivity contribution < 1.29 is 0 Å². The fourth-order valence-electron chi connectivity index (χ4n) is 3.06. The van der Waals surface area contributed by atoms with Gasteiger partial charge in [0.1, 0.15) is 0 Å². The fraction of sp³-hybridized carbons (Fsp3) is 0.538. The highest BCUT2D eigenvalue weighted by atomic mass is 31.1. The number of fused-ring (bicyclic) bond motifs is 2. The summed E-state index contributed by atoms with van der Waals surface area (Å²) in [6, 6.07) is 8.85. The summed E-state index contributed by atoms with van der Waals surface area (Å²) in [7, 11) is 0.972. The lowest BCUT2D eigenvalue weighted by Gasteiger charge is -2.38. The number of hydrogen-bond donors (Lipinski definition) is 1. The van der Waals surface area contributed by atoms with Gasteiger partial charge in [-0.05, 0) is 31.1 Å². The van der Waals surface area contributed by atoms with Crippen LogP contribution in [0.25, 0.3) is 0 Å². The van der Waals surface area contributed by atoms with Crippen LogP contribution in [0.4, 0.5) is 5.69 Å². The smallest absolute Gasteiger partial charge is 0.0379 e. The van der Waals surface area contributed by atoms with Crippen molar-refractivity contribution in [2.24, 2.45) is 0 Å². The standard InChI is InChI=1S/C13H19N2P/c1-16-15-8-6-13(7-9-15)10-14-12-5-3-2-4-11(12)13/h2-5,14,16H,6-10H2,1H3. The lowest BCUT2D eigenvalue weighted by Crippen LogP contribution is -2.40. The molecule has 1 N–H and O–H groups in total. The average molecular weight is 234 g/mol. The van der Waals surface area contributed by atoms with Gasteiger partial charge in [0.2, 0.25) is 0 Å². The molecule has 2 nitrogen and oxygen atoms in total. The Morgan fingerprint density at radius 1 is 1.25 bits per heavy atom. The average Bonchev–Trinajstić information content (AvgIpc) is 2.71. The number of anilines is 1. The summed E-state index contributed by atoms with van der Waals surface area (Å²) in [6.07, 6.45) is 2.63. The van der Waals surface area contributed by atoms with Crippen molar-refractivity contribution in [3.63, 3.8) is 0 Å². The van der Waals surface area contributed by atoms with E-state index in [1.807, 2.05) is 0 Å². The summed E-state index contributed by atoms with van der Waals surface area (Å²) in [6.45, 7) is 5.97. The van der Waals surface area contributed by atoms with E-state index in [0.29, 0.717) is 5.41 Å². The van der Waals surface area contributed by atoms with E-state index < -0.39 is 0 Å². The van der Waals surface area contributed by atoms with Gasteiger partial charge in [-0.2, -0.15) is 0 Å². The second-order valence-electron chi connectivity index (χ2n) is 4.89. The molecule has 16 heavy (non-hydrogen) atoms. The number of nitrogens with one attached hydrogen (secondary N) is 1. The molecule has 1 aromatic carbocycles. The third-order valence-corrected chi connectivity index (χ3v) is 5.23. The molecule has 1 saturated heterocycles. The van der Waals surface area contributed by atoms with Crippen LogP contribution in [0.2, 0.25) is 0 Å². The molecule has 1 atom stereocenters. The first-order valence-corrected chi connectivity index (χ1v) is 7.54. The van der Waals surface area contributed by atoms with E-state index in [4.69, 9.17) is 0 Å². The number of hydrogen-bond acceptors (Lipinski definition) is 2. The van der Waals surface area contributed by atoms with Gasteiger partial charge in [-0.25, -0.2) is 0 Å². The minimum atomic E-state index is 0.437. The maximum atomic E-state index is 3.58. The summed E-state index contributed by atoms with van der Waals surface area (Å²) in [4.78, 5) is 0. The maximum Gasteiger partial charge on any atom is 0.0379 e. The van der Waals surface area contributed by atoms with E-state index in [-0.39, 0.29) is 0 Å². The van der Waals surface area contributed by atoms with Gasteiger partial charge >= 0.3 is 0 Å². The molecular formula is C13H19N2P. The fourth-order valence-corrected chi connectivity index (χ4v) is 3.73. The quantitative estimate of drug-likeness (QED) is 0.751. The Balaban J connectivity index is 1.87. The third kappa shape index (κ3) is 1.56. The molecule has 3 heteroatoms. The number of rotatable bonds is 1. The molecule has 0 aromatic heterocycles. The van der Waals surface area contributed by atoms with Gasteiger partial charge in [-0.15, -0.1) is 0 Å². The number of nitrogens with zero attached hydrogens (tertiary/aromatic N) is 1. The van der Waals surface area contributed by atoms with Crippen LogP contribution >= 0.6 is 8.73 Å². The van der Waals surface area contributed by atoms with Crippen LogP contribution in [0.15, 0.2) is 24.3 Å². The normalized spacial score (nSPS) is 23.8. The molecular weight excluding hydrogens is 215 g/mol. The second-order valence-corrected chi connectivity index (χ2v) is 5.97. The molecule has 1 fully saturated rings. The molecule has 1 spiro atoms. The van der Waals surface area contributed by atoms with Gasteiger partial charge in [-0.1, -0.05) is 26.9 Å². The van der Waals surface area contributed by atoms with Gasteiger partial charge in [0.25, 0.3) is 0 Å². The molecule has 2 aliphatic heterocycles. The first kappa shape index (κ1) is 10.6. The Hall–Kier alpha value is -0.590. The monoisotopic (exact) mass is 234 g/mol. The van der Waals surface area contributed by atoms with Crippen LogP contribution in [0.1, 0.15) is 18.4 Å². The maximum absolute atomic E-state index is 3.58. The van der Waals surface area contributed by atoms with Crippen LogP contribution in [-0.2, 0) is 5.41 Å². The number of benzene rings is 1. The number of piperidine rings is 1. The van der Waals surface area contributed by atoms with Crippen molar-refractivity contribution in [3.05, 3.63) is 29.8 Å². The zero-order valence-electron chi connectivity index (χ0n) is 9.79. The molecule has 0 saturated carbocycles. The van der Waals surface area contributed by atoms with Crippen LogP contribution in [0.5, 0.6) is 0 Å². The first-order valence-electron chi connectivity index (χ1n) is 6.10. The Morgan fingerprint density at radius 2 is 2.00 bits per heavy atom. The van der Waals surface area contributed by atoms with Crippen molar-refractivity contribution in [2.75, 3.05) is 31.6 Å². The molecule has 0 amide bonds. The lowest BCUT2D eigenvalue weighted by atomic mass is 9.75. The van der Waals surface area contributed by atoms with Crippen LogP contribution in [0, 0.1) is 0 Å². The zero-order valence-corrected chi connectivity index (χ0v) is 10.8. The van der Waals surface area contributed by atoms with E-state index in [9.17, 15) is 0 Å². The highest BCUT2D eigenvalue weighted by Crippen LogP contribution is 2.44. The van der Waals surface area contributed by atoms with E-state index in [1.54, 1.807) is 5.56 Å². The molecule has 2 aliphatic rings. The van der Waals surface area contributed by atoms with Crippen molar-refractivity contribution in [1.29, 1.82) is 0 Å². The summed E-state index contributed by atoms with van der Waals surface area (Å²) >= 11 is 0. The molecule has 86 valence electrons. The second kappa shape index (κ2) is 4.01. The summed E-state index contributed by atoms with van der Waals surface area (Å²) in [5.41, 5.74) is 3.37. The molecule has 0 bridgehead atoms. The van der Waals surface area contributed by atoms with Crippen molar-refractivity contribution >= 4 is 14.4 Å². The predicted molar refractivity (Wildman–Crippen MR) is 71.7 cm³/mol. The van der Waals surface area contributed by atoms with Gasteiger partial charge in [0.15, 0.2) is 0 Å². The Kier molecular flexibility index (Phi) is 2.65. The highest BCUT2D eigenvalue weighted by molar-refractivity contribution is 7.34. The van der Waals surface area contributed by atoms with E-state index in [2.05, 4.69) is 40.9 Å². The molecule has 0 radical (unpaired) electrons. The van der Waals surface area contributed by atoms with Crippen molar-refractivity contribution in [1.82, 2.24) is 4.67 Å².